The van der Waals surface area contributed by atoms with Gasteiger partial charge in [0.2, 0.25) is 5.91 Å². The highest BCUT2D eigenvalue weighted by atomic mass is 19.1. The fourth-order valence-electron chi connectivity index (χ4n) is 2.64. The number of cyclic esters (lactones) is 1. The predicted octanol–water partition coefficient (Wildman–Crippen LogP) is 1.54. The summed E-state index contributed by atoms with van der Waals surface area (Å²) in [5, 5.41) is 11.3. The molecular weight excluding hydrogens is 341 g/mol. The molecule has 2 aromatic rings. The van der Waals surface area contributed by atoms with Crippen LogP contribution in [0.2, 0.25) is 0 Å². The van der Waals surface area contributed by atoms with Crippen molar-refractivity contribution in [2.24, 2.45) is 0 Å². The molecule has 0 aliphatic carbocycles. The monoisotopic (exact) mass is 357 g/mol. The summed E-state index contributed by atoms with van der Waals surface area (Å²) in [6.07, 6.45) is 2.07. The normalized spacial score (nSPS) is 16.3. The molecule has 1 atom stereocenters. The third-order valence-electron chi connectivity index (χ3n) is 3.87. The van der Waals surface area contributed by atoms with Crippen molar-refractivity contribution in [1.82, 2.24) is 14.9 Å². The maximum absolute atomic E-state index is 14.5. The second-order valence-electron chi connectivity index (χ2n) is 5.80. The number of halogens is 1. The van der Waals surface area contributed by atoms with Gasteiger partial charge in [0.25, 0.3) is 0 Å². The Morgan fingerprint density at radius 3 is 3.04 bits per heavy atom. The first kappa shape index (κ1) is 17.4. The van der Waals surface area contributed by atoms with Gasteiger partial charge in [0.05, 0.1) is 49.0 Å². The van der Waals surface area contributed by atoms with Crippen LogP contribution >= 0.6 is 0 Å². The highest BCUT2D eigenvalue weighted by molar-refractivity contribution is 5.90. The van der Waals surface area contributed by atoms with E-state index in [1.165, 1.54) is 34.9 Å². The van der Waals surface area contributed by atoms with E-state index in [1.54, 1.807) is 12.3 Å². The Bertz CT molecular complexity index is 889. The Labute approximate surface area is 148 Å². The summed E-state index contributed by atoms with van der Waals surface area (Å²) in [6.45, 7) is 1.80. The number of amides is 2. The third kappa shape index (κ3) is 3.64. The zero-order chi connectivity index (χ0) is 18.7. The summed E-state index contributed by atoms with van der Waals surface area (Å²) >= 11 is 0. The lowest BCUT2D eigenvalue weighted by Gasteiger charge is -2.14. The van der Waals surface area contributed by atoms with Gasteiger partial charge in [-0.15, -0.1) is 0 Å². The summed E-state index contributed by atoms with van der Waals surface area (Å²) in [4.78, 5) is 28.3. The standard InChI is InChI=1S/C17H16FN5O3/c1-11(24)20-7-14-9-23(17(25)26-14)13-2-3-16(15(18)6-13)22-8-12(4-5-19)21-10-22/h2-3,6,8,10,14H,4,7,9H2,1H3,(H,20,24)/t14-/m0/s1. The van der Waals surface area contributed by atoms with Crippen LogP contribution < -0.4 is 10.2 Å². The fourth-order valence-corrected chi connectivity index (χ4v) is 2.64. The van der Waals surface area contributed by atoms with Crippen LogP contribution in [-0.4, -0.2) is 40.7 Å². The van der Waals surface area contributed by atoms with Crippen LogP contribution in [0, 0.1) is 17.1 Å². The molecule has 0 bridgehead atoms. The van der Waals surface area contributed by atoms with Crippen molar-refractivity contribution in [1.29, 1.82) is 5.26 Å². The van der Waals surface area contributed by atoms with Gasteiger partial charge in [-0.25, -0.2) is 14.2 Å². The lowest BCUT2D eigenvalue weighted by molar-refractivity contribution is -0.119. The van der Waals surface area contributed by atoms with E-state index in [2.05, 4.69) is 10.3 Å². The SMILES string of the molecule is CC(=O)NC[C@H]1CN(c2ccc(-n3cnc(CC#N)c3)c(F)c2)C(=O)O1. The molecule has 1 aromatic heterocycles. The summed E-state index contributed by atoms with van der Waals surface area (Å²) < 4.78 is 21.2. The second-order valence-corrected chi connectivity index (χ2v) is 5.80. The number of carbonyl (C=O) groups is 2. The quantitative estimate of drug-likeness (QED) is 0.875. The Hall–Kier alpha value is -3.41. The summed E-state index contributed by atoms with van der Waals surface area (Å²) in [6, 6.07) is 6.35. The molecule has 9 heteroatoms. The van der Waals surface area contributed by atoms with E-state index in [9.17, 15) is 14.0 Å². The highest BCUT2D eigenvalue weighted by Crippen LogP contribution is 2.25. The van der Waals surface area contributed by atoms with Crippen LogP contribution in [0.25, 0.3) is 5.69 Å². The Morgan fingerprint density at radius 1 is 1.54 bits per heavy atom. The molecule has 0 unspecified atom stereocenters. The van der Waals surface area contributed by atoms with Crippen LogP contribution in [-0.2, 0) is 16.0 Å². The smallest absolute Gasteiger partial charge is 0.414 e. The third-order valence-corrected chi connectivity index (χ3v) is 3.87. The molecule has 0 radical (unpaired) electrons. The number of hydrogen-bond acceptors (Lipinski definition) is 5. The van der Waals surface area contributed by atoms with Gasteiger partial charge in [-0.3, -0.25) is 9.69 Å². The maximum Gasteiger partial charge on any atom is 0.414 e. The molecule has 1 aromatic carbocycles. The molecule has 1 fully saturated rings. The van der Waals surface area contributed by atoms with Gasteiger partial charge in [0.15, 0.2) is 0 Å². The van der Waals surface area contributed by atoms with Gasteiger partial charge < -0.3 is 14.6 Å². The largest absolute Gasteiger partial charge is 0.442 e. The molecule has 8 nitrogen and oxygen atoms in total. The van der Waals surface area contributed by atoms with Crippen LogP contribution in [0.1, 0.15) is 12.6 Å². The summed E-state index contributed by atoms with van der Waals surface area (Å²) in [5.41, 5.74) is 1.16. The molecule has 134 valence electrons. The fraction of sp³-hybridized carbons (Fsp3) is 0.294. The molecule has 0 spiro atoms. The molecule has 1 aliphatic rings. The lowest BCUT2D eigenvalue weighted by Crippen LogP contribution is -2.33. The number of benzene rings is 1. The van der Waals surface area contributed by atoms with Crippen molar-refractivity contribution in [3.8, 4) is 11.8 Å². The number of nitriles is 1. The van der Waals surface area contributed by atoms with E-state index in [1.807, 2.05) is 6.07 Å². The molecule has 2 heterocycles. The number of nitrogens with zero attached hydrogens (tertiary/aromatic N) is 4. The van der Waals surface area contributed by atoms with Crippen LogP contribution in [0.15, 0.2) is 30.7 Å². The Kier molecular flexibility index (Phi) is 4.84. The van der Waals surface area contributed by atoms with Crippen molar-refractivity contribution >= 4 is 17.7 Å². The van der Waals surface area contributed by atoms with Crippen molar-refractivity contribution in [3.05, 3.63) is 42.2 Å². The minimum Gasteiger partial charge on any atom is -0.442 e. The number of aromatic nitrogens is 2. The second kappa shape index (κ2) is 7.23. The number of anilines is 1. The van der Waals surface area contributed by atoms with Crippen LogP contribution in [0.5, 0.6) is 0 Å². The number of nitrogens with one attached hydrogen (secondary N) is 1. The Balaban J connectivity index is 1.76. The summed E-state index contributed by atoms with van der Waals surface area (Å²) in [7, 11) is 0. The van der Waals surface area contributed by atoms with Gasteiger partial charge in [-0.2, -0.15) is 5.26 Å². The minimum absolute atomic E-state index is 0.141. The summed E-state index contributed by atoms with van der Waals surface area (Å²) in [5.74, 6) is -0.757. The molecule has 26 heavy (non-hydrogen) atoms. The average Bonchev–Trinajstić information content (AvgIpc) is 3.20. The molecule has 2 amide bonds. The average molecular weight is 357 g/mol. The van der Waals surface area contributed by atoms with Crippen LogP contribution in [0.4, 0.5) is 14.9 Å². The Morgan fingerprint density at radius 2 is 2.35 bits per heavy atom. The first-order valence-corrected chi connectivity index (χ1v) is 7.90. The van der Waals surface area contributed by atoms with Gasteiger partial charge in [0, 0.05) is 13.1 Å². The first-order valence-electron chi connectivity index (χ1n) is 7.90. The molecule has 3 rings (SSSR count). The van der Waals surface area contributed by atoms with E-state index in [4.69, 9.17) is 10.00 Å². The molecule has 1 N–H and O–H groups in total. The molecular formula is C17H16FN5O3. The van der Waals surface area contributed by atoms with Crippen molar-refractivity contribution in [3.63, 3.8) is 0 Å². The van der Waals surface area contributed by atoms with Crippen molar-refractivity contribution < 1.29 is 18.7 Å². The van der Waals surface area contributed by atoms with E-state index >= 15 is 0 Å². The van der Waals surface area contributed by atoms with Gasteiger partial charge in [-0.05, 0) is 18.2 Å². The van der Waals surface area contributed by atoms with Crippen molar-refractivity contribution in [2.45, 2.75) is 19.4 Å². The zero-order valence-corrected chi connectivity index (χ0v) is 14.0. The van der Waals surface area contributed by atoms with Crippen LogP contribution in [0.3, 0.4) is 0 Å². The van der Waals surface area contributed by atoms with Gasteiger partial charge >= 0.3 is 6.09 Å². The highest BCUT2D eigenvalue weighted by Gasteiger charge is 2.32. The number of rotatable bonds is 5. The first-order chi connectivity index (χ1) is 12.5. The number of hydrogen-bond donors (Lipinski definition) is 1. The van der Waals surface area contributed by atoms with E-state index in [0.717, 1.165) is 0 Å². The number of imidazole rings is 1. The molecule has 0 saturated carbocycles. The molecule has 1 aliphatic heterocycles. The zero-order valence-electron chi connectivity index (χ0n) is 14.0. The van der Waals surface area contributed by atoms with Gasteiger partial charge in [-0.1, -0.05) is 0 Å². The topological polar surface area (TPSA) is 100 Å². The maximum atomic E-state index is 14.5. The number of ether oxygens (including phenoxy) is 1. The lowest BCUT2D eigenvalue weighted by atomic mass is 10.2. The van der Waals surface area contributed by atoms with E-state index in [-0.39, 0.29) is 31.1 Å². The minimum atomic E-state index is -0.591. The van der Waals surface area contributed by atoms with E-state index < -0.39 is 18.0 Å². The molecule has 1 saturated heterocycles. The van der Waals surface area contributed by atoms with Crippen molar-refractivity contribution in [2.75, 3.05) is 18.0 Å². The number of carbonyl (C=O) groups excluding carboxylic acids is 2. The predicted molar refractivity (Wildman–Crippen MR) is 89.1 cm³/mol. The van der Waals surface area contributed by atoms with Gasteiger partial charge in [0.1, 0.15) is 11.9 Å². The van der Waals surface area contributed by atoms with E-state index in [0.29, 0.717) is 11.4 Å².